The van der Waals surface area contributed by atoms with Crippen LogP contribution in [0.25, 0.3) is 0 Å². The maximum Gasteiger partial charge on any atom is 0.162 e. The summed E-state index contributed by atoms with van der Waals surface area (Å²) < 4.78 is 13.6. The molecule has 2 heterocycles. The van der Waals surface area contributed by atoms with Crippen LogP contribution in [0.15, 0.2) is 63.3 Å². The van der Waals surface area contributed by atoms with Gasteiger partial charge in [-0.25, -0.2) is 4.39 Å². The molecular formula is C24H24FN3OS2. The first-order valence-corrected chi connectivity index (χ1v) is 12.1. The summed E-state index contributed by atoms with van der Waals surface area (Å²) in [6.45, 7) is 6.21. The quantitative estimate of drug-likeness (QED) is 0.580. The van der Waals surface area contributed by atoms with Crippen molar-refractivity contribution in [2.24, 2.45) is 11.1 Å². The molecule has 0 radical (unpaired) electrons. The van der Waals surface area contributed by atoms with Crippen molar-refractivity contribution in [3.05, 3.63) is 69.1 Å². The van der Waals surface area contributed by atoms with Gasteiger partial charge in [0.05, 0.1) is 17.6 Å². The van der Waals surface area contributed by atoms with Gasteiger partial charge in [-0.15, -0.1) is 23.1 Å². The maximum atomic E-state index is 13.6. The molecular weight excluding hydrogens is 429 g/mol. The normalized spacial score (nSPS) is 20.7. The van der Waals surface area contributed by atoms with E-state index in [1.54, 1.807) is 40.1 Å². The third kappa shape index (κ3) is 3.79. The number of carbonyl (C=O) groups excluding carboxylic acids is 1. The molecule has 0 bridgehead atoms. The van der Waals surface area contributed by atoms with Crippen molar-refractivity contribution in [1.29, 1.82) is 5.26 Å². The van der Waals surface area contributed by atoms with Crippen molar-refractivity contribution >= 4 is 34.6 Å². The smallest absolute Gasteiger partial charge is 0.162 e. The Morgan fingerprint density at radius 3 is 2.65 bits per heavy atom. The van der Waals surface area contributed by atoms with Crippen LogP contribution in [0.5, 0.6) is 0 Å². The summed E-state index contributed by atoms with van der Waals surface area (Å²) in [5.41, 5.74) is 8.86. The predicted molar refractivity (Wildman–Crippen MR) is 124 cm³/mol. The van der Waals surface area contributed by atoms with E-state index in [9.17, 15) is 14.4 Å². The Balaban J connectivity index is 1.98. The number of allylic oxidation sites excluding steroid dienone is 3. The summed E-state index contributed by atoms with van der Waals surface area (Å²) in [7, 11) is 0. The maximum absolute atomic E-state index is 13.6. The minimum absolute atomic E-state index is 0.0458. The van der Waals surface area contributed by atoms with E-state index in [4.69, 9.17) is 5.73 Å². The molecule has 4 rings (SSSR count). The Bertz CT molecular complexity index is 1140. The van der Waals surface area contributed by atoms with Gasteiger partial charge in [-0.1, -0.05) is 20.8 Å². The number of Topliss-reactive ketones (excluding diaryl/α,β-unsaturated/α-hetero) is 1. The van der Waals surface area contributed by atoms with Crippen molar-refractivity contribution in [1.82, 2.24) is 0 Å². The van der Waals surface area contributed by atoms with Gasteiger partial charge in [-0.05, 0) is 53.3 Å². The van der Waals surface area contributed by atoms with E-state index < -0.39 is 5.92 Å². The van der Waals surface area contributed by atoms with Gasteiger partial charge in [0.1, 0.15) is 11.6 Å². The molecule has 160 valence electrons. The minimum Gasteiger partial charge on any atom is -0.384 e. The minimum atomic E-state index is -0.464. The molecule has 7 heteroatoms. The van der Waals surface area contributed by atoms with Crippen LogP contribution in [0.4, 0.5) is 10.1 Å². The van der Waals surface area contributed by atoms with Crippen LogP contribution < -0.4 is 10.6 Å². The molecule has 0 amide bonds. The predicted octanol–water partition coefficient (Wildman–Crippen LogP) is 5.94. The van der Waals surface area contributed by atoms with Crippen molar-refractivity contribution in [3.8, 4) is 6.07 Å². The lowest BCUT2D eigenvalue weighted by Crippen LogP contribution is -2.42. The third-order valence-corrected chi connectivity index (χ3v) is 7.75. The molecule has 1 aliphatic carbocycles. The lowest BCUT2D eigenvalue weighted by Gasteiger charge is -2.43. The van der Waals surface area contributed by atoms with Crippen LogP contribution in [-0.2, 0) is 4.79 Å². The number of benzene rings is 1. The number of rotatable bonds is 4. The molecule has 1 atom stereocenters. The van der Waals surface area contributed by atoms with Gasteiger partial charge in [0.25, 0.3) is 0 Å². The van der Waals surface area contributed by atoms with Crippen LogP contribution in [0.1, 0.15) is 44.4 Å². The fourth-order valence-corrected chi connectivity index (χ4v) is 6.50. The van der Waals surface area contributed by atoms with Crippen LogP contribution in [0, 0.1) is 22.6 Å². The number of thiophene rings is 1. The molecule has 1 aromatic carbocycles. The number of thioether (sulfide) groups is 1. The lowest BCUT2D eigenvalue weighted by atomic mass is 9.69. The molecule has 0 unspecified atom stereocenters. The molecule has 4 nitrogen and oxygen atoms in total. The van der Waals surface area contributed by atoms with E-state index in [0.717, 1.165) is 21.2 Å². The highest BCUT2D eigenvalue weighted by molar-refractivity contribution is 7.99. The Morgan fingerprint density at radius 2 is 2.00 bits per heavy atom. The second-order valence-electron chi connectivity index (χ2n) is 8.54. The van der Waals surface area contributed by atoms with E-state index in [1.165, 1.54) is 12.1 Å². The van der Waals surface area contributed by atoms with Gasteiger partial charge >= 0.3 is 0 Å². The number of anilines is 1. The van der Waals surface area contributed by atoms with Gasteiger partial charge in [0, 0.05) is 33.2 Å². The number of nitriles is 1. The molecule has 2 aliphatic rings. The first-order valence-electron chi connectivity index (χ1n) is 10.2. The fourth-order valence-electron chi connectivity index (χ4n) is 4.45. The molecule has 0 fully saturated rings. The van der Waals surface area contributed by atoms with Crippen molar-refractivity contribution in [2.45, 2.75) is 44.4 Å². The number of carbonyl (C=O) groups is 1. The molecule has 31 heavy (non-hydrogen) atoms. The Hall–Kier alpha value is -2.56. The summed E-state index contributed by atoms with van der Waals surface area (Å²) in [4.78, 5) is 17.4. The zero-order valence-electron chi connectivity index (χ0n) is 17.7. The molecule has 0 saturated carbocycles. The number of nitrogens with two attached hydrogens (primary N) is 1. The molecule has 2 N–H and O–H groups in total. The number of nitrogens with zero attached hydrogens (tertiary/aromatic N) is 2. The zero-order chi connectivity index (χ0) is 22.3. The van der Waals surface area contributed by atoms with Gasteiger partial charge in [-0.3, -0.25) is 9.69 Å². The van der Waals surface area contributed by atoms with Crippen LogP contribution in [0.3, 0.4) is 0 Å². The van der Waals surface area contributed by atoms with E-state index in [0.29, 0.717) is 35.5 Å². The van der Waals surface area contributed by atoms with Crippen molar-refractivity contribution in [3.63, 3.8) is 0 Å². The molecule has 1 aromatic heterocycles. The lowest BCUT2D eigenvalue weighted by molar-refractivity contribution is -0.118. The fraction of sp³-hybridized carbons (Fsp3) is 0.333. The summed E-state index contributed by atoms with van der Waals surface area (Å²) in [5.74, 6) is 0.436. The van der Waals surface area contributed by atoms with E-state index in [1.807, 2.05) is 11.4 Å². The standard InChI is InChI=1S/C24H24FN3OS2/c1-4-30-19-9-10-31-22(19)20-16(13-26)23(27)28(15-7-5-14(25)6-8-15)17-11-24(2,3)12-18(29)21(17)20/h5-10,20H,4,11-12,27H2,1-3H3/t20-/m0/s1. The molecule has 2 aromatic rings. The van der Waals surface area contributed by atoms with Crippen molar-refractivity contribution in [2.75, 3.05) is 10.7 Å². The highest BCUT2D eigenvalue weighted by atomic mass is 32.2. The molecule has 0 saturated heterocycles. The highest BCUT2D eigenvalue weighted by Crippen LogP contribution is 2.52. The van der Waals surface area contributed by atoms with Gasteiger partial charge in [-0.2, -0.15) is 5.26 Å². The van der Waals surface area contributed by atoms with E-state index in [-0.39, 0.29) is 17.0 Å². The number of halogens is 1. The average Bonchev–Trinajstić information content (AvgIpc) is 3.15. The van der Waals surface area contributed by atoms with Gasteiger partial charge in [0.2, 0.25) is 0 Å². The first-order chi connectivity index (χ1) is 14.8. The van der Waals surface area contributed by atoms with Crippen LogP contribution >= 0.6 is 23.1 Å². The Morgan fingerprint density at radius 1 is 1.29 bits per heavy atom. The van der Waals surface area contributed by atoms with E-state index in [2.05, 4.69) is 26.8 Å². The second-order valence-corrected chi connectivity index (χ2v) is 10.8. The largest absolute Gasteiger partial charge is 0.384 e. The summed E-state index contributed by atoms with van der Waals surface area (Å²) in [5, 5.41) is 12.1. The Labute approximate surface area is 190 Å². The van der Waals surface area contributed by atoms with Crippen molar-refractivity contribution < 1.29 is 9.18 Å². The van der Waals surface area contributed by atoms with Crippen LogP contribution in [-0.4, -0.2) is 11.5 Å². The number of hydrogen-bond acceptors (Lipinski definition) is 6. The summed E-state index contributed by atoms with van der Waals surface area (Å²) >= 11 is 3.26. The SMILES string of the molecule is CCSc1ccsc1[C@H]1C(C#N)=C(N)N(c2ccc(F)cc2)C2=C1C(=O)CC(C)(C)C2. The highest BCUT2D eigenvalue weighted by Gasteiger charge is 2.45. The molecule has 1 aliphatic heterocycles. The van der Waals surface area contributed by atoms with Gasteiger partial charge in [0.15, 0.2) is 5.78 Å². The summed E-state index contributed by atoms with van der Waals surface area (Å²) in [6, 6.07) is 10.3. The zero-order valence-corrected chi connectivity index (χ0v) is 19.4. The average molecular weight is 454 g/mol. The van der Waals surface area contributed by atoms with Crippen LogP contribution in [0.2, 0.25) is 0 Å². The molecule has 0 spiro atoms. The topological polar surface area (TPSA) is 70.1 Å². The summed E-state index contributed by atoms with van der Waals surface area (Å²) in [6.07, 6.45) is 1.06. The number of ketones is 1. The first kappa shape index (κ1) is 21.7. The monoisotopic (exact) mass is 453 g/mol. The second kappa shape index (κ2) is 8.18. The van der Waals surface area contributed by atoms with Gasteiger partial charge < -0.3 is 5.73 Å². The number of hydrogen-bond donors (Lipinski definition) is 1. The third-order valence-electron chi connectivity index (χ3n) is 5.69. The van der Waals surface area contributed by atoms with E-state index >= 15 is 0 Å². The Kier molecular flexibility index (Phi) is 5.71.